The maximum absolute atomic E-state index is 11.9. The SMILES string of the molecule is C/C=C/CCNS(=O)(=O)c1ccc(C(=O)NC)cc1. The molecule has 0 aliphatic rings. The van der Waals surface area contributed by atoms with E-state index in [9.17, 15) is 13.2 Å². The van der Waals surface area contributed by atoms with Crippen LogP contribution in [0, 0.1) is 0 Å². The fraction of sp³-hybridized carbons (Fsp3) is 0.308. The Balaban J connectivity index is 2.76. The van der Waals surface area contributed by atoms with Gasteiger partial charge in [0.15, 0.2) is 0 Å². The molecule has 0 unspecified atom stereocenters. The van der Waals surface area contributed by atoms with Crippen LogP contribution >= 0.6 is 0 Å². The number of nitrogens with one attached hydrogen (secondary N) is 2. The van der Waals surface area contributed by atoms with Gasteiger partial charge in [0.2, 0.25) is 10.0 Å². The first-order valence-corrected chi connectivity index (χ1v) is 7.42. The van der Waals surface area contributed by atoms with Crippen molar-refractivity contribution in [2.45, 2.75) is 18.2 Å². The summed E-state index contributed by atoms with van der Waals surface area (Å²) in [5.74, 6) is -0.245. The van der Waals surface area contributed by atoms with E-state index in [-0.39, 0.29) is 10.8 Å². The summed E-state index contributed by atoms with van der Waals surface area (Å²) in [6, 6.07) is 5.81. The summed E-state index contributed by atoms with van der Waals surface area (Å²) >= 11 is 0. The molecule has 0 fully saturated rings. The smallest absolute Gasteiger partial charge is 0.251 e. The highest BCUT2D eigenvalue weighted by atomic mass is 32.2. The standard InChI is InChI=1S/C13H18N2O3S/c1-3-4-5-10-15-19(17,18)12-8-6-11(7-9-12)13(16)14-2/h3-4,6-9,15H,5,10H2,1-2H3,(H,14,16)/b4-3+. The molecule has 0 atom stereocenters. The highest BCUT2D eigenvalue weighted by Crippen LogP contribution is 2.10. The van der Waals surface area contributed by atoms with Crippen molar-refractivity contribution in [3.05, 3.63) is 42.0 Å². The molecule has 104 valence electrons. The number of amides is 1. The fourth-order valence-electron chi connectivity index (χ4n) is 1.46. The number of rotatable bonds is 6. The van der Waals surface area contributed by atoms with Crippen LogP contribution in [0.1, 0.15) is 23.7 Å². The van der Waals surface area contributed by atoms with E-state index < -0.39 is 10.0 Å². The van der Waals surface area contributed by atoms with Crippen LogP contribution in [-0.4, -0.2) is 27.9 Å². The third-order valence-corrected chi connectivity index (χ3v) is 3.97. The summed E-state index contributed by atoms with van der Waals surface area (Å²) in [7, 11) is -1.98. The van der Waals surface area contributed by atoms with Crippen LogP contribution in [0.5, 0.6) is 0 Å². The molecule has 0 radical (unpaired) electrons. The first-order valence-electron chi connectivity index (χ1n) is 5.94. The number of hydrogen-bond donors (Lipinski definition) is 2. The van der Waals surface area contributed by atoms with Crippen molar-refractivity contribution in [1.82, 2.24) is 10.0 Å². The van der Waals surface area contributed by atoms with Crippen LogP contribution in [0.2, 0.25) is 0 Å². The van der Waals surface area contributed by atoms with E-state index >= 15 is 0 Å². The summed E-state index contributed by atoms with van der Waals surface area (Å²) in [5, 5.41) is 2.48. The lowest BCUT2D eigenvalue weighted by molar-refractivity contribution is 0.0963. The lowest BCUT2D eigenvalue weighted by Crippen LogP contribution is -2.24. The number of sulfonamides is 1. The molecule has 0 spiro atoms. The van der Waals surface area contributed by atoms with Crippen molar-refractivity contribution in [3.8, 4) is 0 Å². The number of allylic oxidation sites excluding steroid dienone is 1. The Morgan fingerprint density at radius 1 is 1.26 bits per heavy atom. The van der Waals surface area contributed by atoms with Crippen molar-refractivity contribution in [3.63, 3.8) is 0 Å². The Bertz CT molecular complexity index is 548. The highest BCUT2D eigenvalue weighted by Gasteiger charge is 2.13. The molecule has 5 nitrogen and oxygen atoms in total. The molecule has 19 heavy (non-hydrogen) atoms. The number of carbonyl (C=O) groups is 1. The van der Waals surface area contributed by atoms with Gasteiger partial charge < -0.3 is 5.32 Å². The van der Waals surface area contributed by atoms with Crippen molar-refractivity contribution in [2.24, 2.45) is 0 Å². The molecular formula is C13H18N2O3S. The number of benzene rings is 1. The number of hydrogen-bond acceptors (Lipinski definition) is 3. The molecular weight excluding hydrogens is 264 g/mol. The molecule has 1 aromatic rings. The van der Waals surface area contributed by atoms with Gasteiger partial charge in [0.1, 0.15) is 0 Å². The second-order valence-electron chi connectivity index (χ2n) is 3.86. The van der Waals surface area contributed by atoms with E-state index in [1.165, 1.54) is 31.3 Å². The van der Waals surface area contributed by atoms with Gasteiger partial charge in [-0.1, -0.05) is 12.2 Å². The molecule has 2 N–H and O–H groups in total. The normalized spacial score (nSPS) is 11.7. The van der Waals surface area contributed by atoms with Gasteiger partial charge in [-0.05, 0) is 37.6 Å². The van der Waals surface area contributed by atoms with Crippen LogP contribution in [0.4, 0.5) is 0 Å². The van der Waals surface area contributed by atoms with E-state index in [0.29, 0.717) is 18.5 Å². The van der Waals surface area contributed by atoms with Gasteiger partial charge in [0.05, 0.1) is 4.90 Å². The summed E-state index contributed by atoms with van der Waals surface area (Å²) in [5.41, 5.74) is 0.426. The highest BCUT2D eigenvalue weighted by molar-refractivity contribution is 7.89. The minimum Gasteiger partial charge on any atom is -0.355 e. The maximum Gasteiger partial charge on any atom is 0.251 e. The fourth-order valence-corrected chi connectivity index (χ4v) is 2.50. The minimum atomic E-state index is -3.51. The third kappa shape index (κ3) is 4.50. The van der Waals surface area contributed by atoms with Gasteiger partial charge in [0.25, 0.3) is 5.91 Å². The van der Waals surface area contributed by atoms with Gasteiger partial charge >= 0.3 is 0 Å². The van der Waals surface area contributed by atoms with Crippen LogP contribution in [0.15, 0.2) is 41.3 Å². The zero-order valence-electron chi connectivity index (χ0n) is 11.0. The minimum absolute atomic E-state index is 0.153. The molecule has 0 aliphatic heterocycles. The lowest BCUT2D eigenvalue weighted by atomic mass is 10.2. The molecule has 0 saturated carbocycles. The molecule has 0 saturated heterocycles. The zero-order chi connectivity index (χ0) is 14.3. The molecule has 1 amide bonds. The molecule has 0 aromatic heterocycles. The van der Waals surface area contributed by atoms with Crippen molar-refractivity contribution < 1.29 is 13.2 Å². The van der Waals surface area contributed by atoms with Gasteiger partial charge in [-0.2, -0.15) is 0 Å². The van der Waals surface area contributed by atoms with Gasteiger partial charge in [0, 0.05) is 19.2 Å². The average molecular weight is 282 g/mol. The molecule has 6 heteroatoms. The largest absolute Gasteiger partial charge is 0.355 e. The summed E-state index contributed by atoms with van der Waals surface area (Å²) in [4.78, 5) is 11.5. The summed E-state index contributed by atoms with van der Waals surface area (Å²) < 4.78 is 26.3. The Kier molecular flexibility index (Phi) is 5.72. The van der Waals surface area contributed by atoms with Crippen LogP contribution in [0.3, 0.4) is 0 Å². The Labute approximate surface area is 113 Å². The average Bonchev–Trinajstić information content (AvgIpc) is 2.43. The molecule has 0 heterocycles. The van der Waals surface area contributed by atoms with Gasteiger partial charge in [-0.25, -0.2) is 13.1 Å². The predicted octanol–water partition coefficient (Wildman–Crippen LogP) is 1.29. The molecule has 1 aromatic carbocycles. The van der Waals surface area contributed by atoms with Crippen molar-refractivity contribution >= 4 is 15.9 Å². The first kappa shape index (κ1) is 15.4. The quantitative estimate of drug-likeness (QED) is 0.610. The Morgan fingerprint density at radius 3 is 2.42 bits per heavy atom. The third-order valence-electron chi connectivity index (χ3n) is 2.49. The summed E-state index contributed by atoms with van der Waals surface area (Å²) in [6.45, 7) is 2.23. The molecule has 0 aliphatic carbocycles. The van der Waals surface area contributed by atoms with E-state index in [4.69, 9.17) is 0 Å². The number of carbonyl (C=O) groups excluding carboxylic acids is 1. The van der Waals surface area contributed by atoms with Crippen LogP contribution in [0.25, 0.3) is 0 Å². The van der Waals surface area contributed by atoms with Gasteiger partial charge in [-0.15, -0.1) is 0 Å². The van der Waals surface area contributed by atoms with E-state index in [0.717, 1.165) is 0 Å². The van der Waals surface area contributed by atoms with Gasteiger partial charge in [-0.3, -0.25) is 4.79 Å². The monoisotopic (exact) mass is 282 g/mol. The van der Waals surface area contributed by atoms with Crippen LogP contribution in [-0.2, 0) is 10.0 Å². The van der Waals surface area contributed by atoms with E-state index in [1.54, 1.807) is 0 Å². The predicted molar refractivity (Wildman–Crippen MR) is 74.5 cm³/mol. The van der Waals surface area contributed by atoms with E-state index in [1.807, 2.05) is 19.1 Å². The maximum atomic E-state index is 11.9. The Morgan fingerprint density at radius 2 is 1.89 bits per heavy atom. The van der Waals surface area contributed by atoms with Crippen molar-refractivity contribution in [2.75, 3.05) is 13.6 Å². The topological polar surface area (TPSA) is 75.3 Å². The second kappa shape index (κ2) is 7.06. The first-order chi connectivity index (χ1) is 9.01. The second-order valence-corrected chi connectivity index (χ2v) is 5.63. The van der Waals surface area contributed by atoms with Crippen LogP contribution < -0.4 is 10.0 Å². The molecule has 1 rings (SSSR count). The zero-order valence-corrected chi connectivity index (χ0v) is 11.8. The van der Waals surface area contributed by atoms with Crippen molar-refractivity contribution in [1.29, 1.82) is 0 Å². The van der Waals surface area contributed by atoms with E-state index in [2.05, 4.69) is 10.0 Å². The Hall–Kier alpha value is -1.66. The summed E-state index contributed by atoms with van der Waals surface area (Å²) in [6.07, 6.45) is 4.40. The lowest BCUT2D eigenvalue weighted by Gasteiger charge is -2.06. The molecule has 0 bridgehead atoms.